The van der Waals surface area contributed by atoms with Crippen LogP contribution in [0.3, 0.4) is 0 Å². The summed E-state index contributed by atoms with van der Waals surface area (Å²) in [5.74, 6) is 0.115. The van der Waals surface area contributed by atoms with Gasteiger partial charge in [-0.15, -0.1) is 0 Å². The zero-order valence-corrected chi connectivity index (χ0v) is 18.9. The molecule has 0 aromatic heterocycles. The van der Waals surface area contributed by atoms with Crippen LogP contribution in [0.2, 0.25) is 0 Å². The first kappa shape index (κ1) is 20.0. The molecule has 8 heteroatoms. The number of benzene rings is 2. The minimum absolute atomic E-state index is 0.380. The average molecular weight is 477 g/mol. The number of fused-ring (bicyclic) bond motifs is 4. The Balaban J connectivity index is 1.96. The lowest BCUT2D eigenvalue weighted by Crippen LogP contribution is -2.71. The van der Waals surface area contributed by atoms with Crippen LogP contribution in [0.25, 0.3) is 0 Å². The van der Waals surface area contributed by atoms with Crippen molar-refractivity contribution in [2.24, 2.45) is 5.92 Å². The van der Waals surface area contributed by atoms with Gasteiger partial charge >= 0.3 is 5.97 Å². The first-order valence-corrected chi connectivity index (χ1v) is 10.3. The van der Waals surface area contributed by atoms with E-state index in [1.54, 1.807) is 7.11 Å². The Morgan fingerprint density at radius 3 is 2.72 bits per heavy atom. The number of esters is 1. The minimum Gasteiger partial charge on any atom is -0.493 e. The summed E-state index contributed by atoms with van der Waals surface area (Å²) in [5.41, 5.74) is 1.58. The van der Waals surface area contributed by atoms with Crippen molar-refractivity contribution in [3.05, 3.63) is 52.0 Å². The molecule has 2 aliphatic rings. The molecule has 0 saturated carbocycles. The largest absolute Gasteiger partial charge is 0.493 e. The fourth-order valence-electron chi connectivity index (χ4n) is 4.21. The lowest BCUT2D eigenvalue weighted by molar-refractivity contribution is -0.157. The number of nitrogens with one attached hydrogen (secondary N) is 1. The van der Waals surface area contributed by atoms with Gasteiger partial charge in [0.15, 0.2) is 16.6 Å². The number of thiocarbonyl (C=S) groups is 1. The van der Waals surface area contributed by atoms with Gasteiger partial charge in [-0.05, 0) is 55.9 Å². The molecule has 0 unspecified atom stereocenters. The summed E-state index contributed by atoms with van der Waals surface area (Å²) >= 11 is 9.23. The summed E-state index contributed by atoms with van der Waals surface area (Å²) in [5, 5.41) is 3.82. The van der Waals surface area contributed by atoms with Gasteiger partial charge in [0.1, 0.15) is 5.92 Å². The number of halogens is 1. The standard InChI is InChI=1S/C21H21BrN2O4S/c1-11-6-5-7-13(8-11)24-20(29)23-17-14-9-12(22)10-15(26-3)18(14)28-21(24,2)16(17)19(25)27-4/h5-10,16-17H,1-4H3,(H,23,29)/t16-,17+,21+/m1/s1. The second-order valence-corrected chi connectivity index (χ2v) is 8.59. The van der Waals surface area contributed by atoms with Crippen LogP contribution in [-0.2, 0) is 9.53 Å². The van der Waals surface area contributed by atoms with Crippen LogP contribution >= 0.6 is 28.1 Å². The molecule has 2 aliphatic heterocycles. The van der Waals surface area contributed by atoms with Crippen molar-refractivity contribution in [2.45, 2.75) is 25.6 Å². The molecule has 3 atom stereocenters. The Morgan fingerprint density at radius 2 is 2.07 bits per heavy atom. The molecule has 1 saturated heterocycles. The molecule has 1 fully saturated rings. The second kappa shape index (κ2) is 7.18. The molecule has 2 bridgehead atoms. The first-order chi connectivity index (χ1) is 13.8. The van der Waals surface area contributed by atoms with Crippen molar-refractivity contribution in [3.8, 4) is 11.5 Å². The van der Waals surface area contributed by atoms with Crippen LogP contribution in [0, 0.1) is 12.8 Å². The molecule has 29 heavy (non-hydrogen) atoms. The van der Waals surface area contributed by atoms with E-state index in [0.717, 1.165) is 21.3 Å². The second-order valence-electron chi connectivity index (χ2n) is 7.29. The van der Waals surface area contributed by atoms with Gasteiger partial charge in [-0.25, -0.2) is 0 Å². The summed E-state index contributed by atoms with van der Waals surface area (Å²) in [6.07, 6.45) is 0. The van der Waals surface area contributed by atoms with E-state index in [4.69, 9.17) is 26.4 Å². The van der Waals surface area contributed by atoms with Crippen LogP contribution in [0.15, 0.2) is 40.9 Å². The molecule has 0 radical (unpaired) electrons. The Bertz CT molecular complexity index is 1010. The van der Waals surface area contributed by atoms with E-state index >= 15 is 0 Å². The molecular formula is C21H21BrN2O4S. The molecule has 2 aromatic rings. The maximum atomic E-state index is 12.9. The van der Waals surface area contributed by atoms with Crippen molar-refractivity contribution >= 4 is 44.9 Å². The Kier molecular flexibility index (Phi) is 4.94. The van der Waals surface area contributed by atoms with Crippen LogP contribution in [0.1, 0.15) is 24.1 Å². The fourth-order valence-corrected chi connectivity index (χ4v) is 5.08. The minimum atomic E-state index is -1.11. The van der Waals surface area contributed by atoms with Crippen LogP contribution < -0.4 is 19.7 Å². The normalized spacial score (nSPS) is 24.9. The predicted molar refractivity (Wildman–Crippen MR) is 117 cm³/mol. The smallest absolute Gasteiger partial charge is 0.317 e. The van der Waals surface area contributed by atoms with Crippen LogP contribution in [0.4, 0.5) is 5.69 Å². The number of anilines is 1. The molecule has 6 nitrogen and oxygen atoms in total. The van der Waals surface area contributed by atoms with Crippen molar-refractivity contribution in [1.29, 1.82) is 0 Å². The molecule has 152 valence electrons. The number of hydrogen-bond acceptors (Lipinski definition) is 5. The highest BCUT2D eigenvalue weighted by molar-refractivity contribution is 9.10. The first-order valence-electron chi connectivity index (χ1n) is 9.12. The fraction of sp³-hybridized carbons (Fsp3) is 0.333. The zero-order valence-electron chi connectivity index (χ0n) is 16.5. The number of carbonyl (C=O) groups excluding carboxylic acids is 1. The van der Waals surface area contributed by atoms with E-state index in [2.05, 4.69) is 21.2 Å². The molecule has 0 aliphatic carbocycles. The summed E-state index contributed by atoms with van der Waals surface area (Å²) < 4.78 is 18.1. The number of rotatable bonds is 3. The lowest BCUT2D eigenvalue weighted by atomic mass is 9.79. The third kappa shape index (κ3) is 3.05. The monoisotopic (exact) mass is 476 g/mol. The van der Waals surface area contributed by atoms with Gasteiger partial charge in [0.05, 0.1) is 20.3 Å². The average Bonchev–Trinajstić information content (AvgIpc) is 2.67. The number of carbonyl (C=O) groups is 1. The van der Waals surface area contributed by atoms with Gasteiger partial charge < -0.3 is 19.5 Å². The number of ether oxygens (including phenoxy) is 3. The molecule has 2 aromatic carbocycles. The molecule has 4 rings (SSSR count). The van der Waals surface area contributed by atoms with Gasteiger partial charge in [0, 0.05) is 15.7 Å². The number of aryl methyl sites for hydroxylation is 1. The van der Waals surface area contributed by atoms with Crippen molar-refractivity contribution in [2.75, 3.05) is 19.1 Å². The molecular weight excluding hydrogens is 456 g/mol. The SMILES string of the molecule is COC(=O)[C@H]1[C@H]2NC(=S)N(c3cccc(C)c3)[C@@]1(C)Oc1c(OC)cc(Br)cc12. The molecule has 0 spiro atoms. The molecule has 0 amide bonds. The highest BCUT2D eigenvalue weighted by atomic mass is 79.9. The van der Waals surface area contributed by atoms with Crippen molar-refractivity contribution in [1.82, 2.24) is 5.32 Å². The zero-order chi connectivity index (χ0) is 20.9. The molecule has 2 heterocycles. The highest BCUT2D eigenvalue weighted by Crippen LogP contribution is 2.53. The predicted octanol–water partition coefficient (Wildman–Crippen LogP) is 4.10. The van der Waals surface area contributed by atoms with E-state index in [9.17, 15) is 4.79 Å². The van der Waals surface area contributed by atoms with Crippen molar-refractivity contribution < 1.29 is 19.0 Å². The van der Waals surface area contributed by atoms with Gasteiger partial charge in [0.2, 0.25) is 5.72 Å². The van der Waals surface area contributed by atoms with Gasteiger partial charge in [-0.3, -0.25) is 9.69 Å². The highest BCUT2D eigenvalue weighted by Gasteiger charge is 2.60. The summed E-state index contributed by atoms with van der Waals surface area (Å²) in [7, 11) is 2.97. The third-order valence-electron chi connectivity index (χ3n) is 5.46. The molecule has 1 N–H and O–H groups in total. The van der Waals surface area contributed by atoms with Gasteiger partial charge in [0.25, 0.3) is 0 Å². The van der Waals surface area contributed by atoms with E-state index in [-0.39, 0.29) is 5.97 Å². The van der Waals surface area contributed by atoms with Crippen LogP contribution in [0.5, 0.6) is 11.5 Å². The lowest BCUT2D eigenvalue weighted by Gasteiger charge is -2.55. The Labute approximate surface area is 183 Å². The number of hydrogen-bond donors (Lipinski definition) is 1. The maximum Gasteiger partial charge on any atom is 0.317 e. The Hall–Kier alpha value is -2.32. The van der Waals surface area contributed by atoms with E-state index in [1.807, 2.05) is 55.1 Å². The third-order valence-corrected chi connectivity index (χ3v) is 6.22. The summed E-state index contributed by atoms with van der Waals surface area (Å²) in [6, 6.07) is 11.2. The van der Waals surface area contributed by atoms with E-state index < -0.39 is 17.7 Å². The topological polar surface area (TPSA) is 60.0 Å². The number of nitrogens with zero attached hydrogens (tertiary/aromatic N) is 1. The van der Waals surface area contributed by atoms with Gasteiger partial charge in [-0.2, -0.15) is 0 Å². The summed E-state index contributed by atoms with van der Waals surface area (Å²) in [4.78, 5) is 14.8. The van der Waals surface area contributed by atoms with Crippen LogP contribution in [-0.4, -0.2) is 31.0 Å². The number of methoxy groups -OCH3 is 2. The summed E-state index contributed by atoms with van der Waals surface area (Å²) in [6.45, 7) is 3.87. The van der Waals surface area contributed by atoms with Gasteiger partial charge in [-0.1, -0.05) is 28.1 Å². The maximum absolute atomic E-state index is 12.9. The van der Waals surface area contributed by atoms with E-state index in [1.165, 1.54) is 7.11 Å². The van der Waals surface area contributed by atoms with E-state index in [0.29, 0.717) is 16.6 Å². The van der Waals surface area contributed by atoms with Crippen molar-refractivity contribution in [3.63, 3.8) is 0 Å². The Morgan fingerprint density at radius 1 is 1.31 bits per heavy atom. The quantitative estimate of drug-likeness (QED) is 0.528.